The Hall–Kier alpha value is 0.462. The summed E-state index contributed by atoms with van der Waals surface area (Å²) in [4.78, 5) is 0. The first-order valence-corrected chi connectivity index (χ1v) is 5.10. The van der Waals surface area contributed by atoms with Crippen LogP contribution in [0.5, 0.6) is 0 Å². The van der Waals surface area contributed by atoms with E-state index in [0.29, 0.717) is 0 Å². The van der Waals surface area contributed by atoms with Crippen LogP contribution < -0.4 is 0 Å². The highest BCUT2D eigenvalue weighted by molar-refractivity contribution is 6.51. The van der Waals surface area contributed by atoms with Gasteiger partial charge in [-0.05, 0) is 0 Å². The molecule has 1 aliphatic heterocycles. The molecule has 7 heavy (non-hydrogen) atoms. The molecule has 0 atom stereocenters. The maximum absolute atomic E-state index is 12.3. The molecule has 0 bridgehead atoms. The lowest BCUT2D eigenvalue weighted by molar-refractivity contribution is 0.664. The molecule has 0 aromatic rings. The van der Waals surface area contributed by atoms with E-state index in [4.69, 9.17) is 0 Å². The average molecular weight is 116 g/mol. The van der Waals surface area contributed by atoms with Crippen LogP contribution in [0.1, 0.15) is 19.3 Å². The summed E-state index contributed by atoms with van der Waals surface area (Å²) in [6.07, 6.45) is 3.63. The van der Waals surface area contributed by atoms with Crippen LogP contribution >= 0.6 is 0 Å². The Morgan fingerprint density at radius 1 is 1.00 bits per heavy atom. The van der Waals surface area contributed by atoms with E-state index in [2.05, 4.69) is 0 Å². The summed E-state index contributed by atoms with van der Waals surface area (Å²) in [7, 11) is 0. The van der Waals surface area contributed by atoms with Gasteiger partial charge in [0.2, 0.25) is 0 Å². The van der Waals surface area contributed by atoms with Crippen LogP contribution in [0.4, 0.5) is 3.52 Å². The molecule has 1 saturated heterocycles. The van der Waals surface area contributed by atoms with Gasteiger partial charge in [0.05, 0.1) is 0 Å². The summed E-state index contributed by atoms with van der Waals surface area (Å²) >= 11 is -1.59. The summed E-state index contributed by atoms with van der Waals surface area (Å²) in [6.45, 7) is 0. The van der Waals surface area contributed by atoms with E-state index in [9.17, 15) is 3.52 Å². The zero-order valence-corrected chi connectivity index (χ0v) is 5.65. The van der Waals surface area contributed by atoms with Crippen molar-refractivity contribution in [2.24, 2.45) is 0 Å². The van der Waals surface area contributed by atoms with Gasteiger partial charge in [0.25, 0.3) is 0 Å². The highest BCUT2D eigenvalue weighted by Gasteiger charge is 2.20. The van der Waals surface area contributed by atoms with E-state index in [1.54, 1.807) is 0 Å². The minimum Gasteiger partial charge on any atom is -0.418 e. The lowest BCUT2D eigenvalue weighted by Gasteiger charge is -2.07. The fraction of sp³-hybridized carbons (Fsp3) is 1.00. The molecule has 0 nitrogen and oxygen atoms in total. The predicted octanol–water partition coefficient (Wildman–Crippen LogP) is 2.13. The third-order valence-corrected chi connectivity index (χ3v) is 3.60. The third kappa shape index (κ3) is 1.80. The zero-order valence-electron chi connectivity index (χ0n) is 4.49. The lowest BCUT2D eigenvalue weighted by Crippen LogP contribution is -2.08. The van der Waals surface area contributed by atoms with Gasteiger partial charge < -0.3 is 3.52 Å². The van der Waals surface area contributed by atoms with E-state index in [-0.39, 0.29) is 0 Å². The van der Waals surface area contributed by atoms with Crippen LogP contribution in [0.2, 0.25) is 10.6 Å². The Balaban J connectivity index is 2.12. The molecule has 1 fully saturated rings. The van der Waals surface area contributed by atoms with Gasteiger partial charge >= 0.3 is 14.6 Å². The first kappa shape index (κ1) is 5.60. The smallest absolute Gasteiger partial charge is 0.418 e. The Morgan fingerprint density at radius 3 is 1.86 bits per heavy atom. The third-order valence-electron chi connectivity index (χ3n) is 1.53. The summed E-state index contributed by atoms with van der Waals surface area (Å²) in [6, 6.07) is 0. The second-order valence-corrected chi connectivity index (χ2v) is 4.58. The minimum absolute atomic E-state index is 0.958. The number of hydrogen-bond acceptors (Lipinski definition) is 0. The molecule has 40 valence electrons. The molecule has 0 unspecified atom stereocenters. The first-order chi connectivity index (χ1) is 3.39. The van der Waals surface area contributed by atoms with Crippen molar-refractivity contribution in [1.82, 2.24) is 0 Å². The van der Waals surface area contributed by atoms with Crippen LogP contribution in [0.25, 0.3) is 0 Å². The van der Waals surface area contributed by atoms with Crippen molar-refractivity contribution in [2.75, 3.05) is 0 Å². The van der Waals surface area contributed by atoms with Crippen molar-refractivity contribution in [2.45, 2.75) is 29.8 Å². The van der Waals surface area contributed by atoms with E-state index < -0.39 is 14.6 Å². The van der Waals surface area contributed by atoms with Gasteiger partial charge in [0.1, 0.15) is 0 Å². The monoisotopic (exact) mass is 116 g/mol. The normalized spacial score (nSPS) is 22.7. The minimum atomic E-state index is -1.59. The highest BCUT2D eigenvalue weighted by Crippen LogP contribution is 2.18. The molecule has 0 N–H and O–H groups in total. The van der Waals surface area contributed by atoms with Gasteiger partial charge in [-0.1, -0.05) is 29.8 Å². The molecular weight excluding hydrogens is 106 g/mol. The maximum atomic E-state index is 12.3. The quantitative estimate of drug-likeness (QED) is 0.425. The van der Waals surface area contributed by atoms with Crippen LogP contribution in [0.3, 0.4) is 0 Å². The molecule has 1 heterocycles. The van der Waals surface area contributed by atoms with Crippen molar-refractivity contribution in [3.63, 3.8) is 0 Å². The molecule has 0 aromatic carbocycles. The molecular formula is C5H10AlF. The van der Waals surface area contributed by atoms with Crippen molar-refractivity contribution in [1.29, 1.82) is 0 Å². The molecule has 1 rings (SSSR count). The van der Waals surface area contributed by atoms with Crippen molar-refractivity contribution in [3.8, 4) is 0 Å². The first-order valence-electron chi connectivity index (χ1n) is 3.03. The maximum Gasteiger partial charge on any atom is 0.516 e. The van der Waals surface area contributed by atoms with E-state index in [0.717, 1.165) is 10.6 Å². The summed E-state index contributed by atoms with van der Waals surface area (Å²) in [5.74, 6) is 0. The fourth-order valence-corrected chi connectivity index (χ4v) is 2.80. The van der Waals surface area contributed by atoms with Gasteiger partial charge in [-0.15, -0.1) is 0 Å². The second-order valence-electron chi connectivity index (χ2n) is 2.24. The van der Waals surface area contributed by atoms with Gasteiger partial charge in [-0.3, -0.25) is 0 Å². The predicted molar refractivity (Wildman–Crippen MR) is 30.3 cm³/mol. The van der Waals surface area contributed by atoms with E-state index in [1.165, 1.54) is 19.3 Å². The average Bonchev–Trinajstić information content (AvgIpc) is 1.69. The van der Waals surface area contributed by atoms with E-state index >= 15 is 0 Å². The molecule has 0 amide bonds. The number of halogens is 1. The molecule has 0 spiro atoms. The molecule has 1 aliphatic rings. The van der Waals surface area contributed by atoms with Crippen LogP contribution in [-0.4, -0.2) is 14.6 Å². The second kappa shape index (κ2) is 2.69. The number of rotatable bonds is 0. The summed E-state index contributed by atoms with van der Waals surface area (Å²) in [5, 5.41) is 1.92. The Kier molecular flexibility index (Phi) is 2.15. The Morgan fingerprint density at radius 2 is 1.57 bits per heavy atom. The van der Waals surface area contributed by atoms with E-state index in [1.807, 2.05) is 0 Å². The largest absolute Gasteiger partial charge is 0.516 e. The Labute approximate surface area is 48.6 Å². The van der Waals surface area contributed by atoms with Crippen molar-refractivity contribution >= 4 is 14.6 Å². The molecule has 0 radical (unpaired) electrons. The highest BCUT2D eigenvalue weighted by atomic mass is 27.2. The summed E-state index contributed by atoms with van der Waals surface area (Å²) < 4.78 is 12.3. The molecule has 2 heteroatoms. The van der Waals surface area contributed by atoms with Crippen molar-refractivity contribution in [3.05, 3.63) is 0 Å². The lowest BCUT2D eigenvalue weighted by atomic mass is 10.3. The van der Waals surface area contributed by atoms with Gasteiger partial charge in [0.15, 0.2) is 0 Å². The van der Waals surface area contributed by atoms with Gasteiger partial charge in [-0.25, -0.2) is 0 Å². The van der Waals surface area contributed by atoms with Crippen LogP contribution in [-0.2, 0) is 0 Å². The van der Waals surface area contributed by atoms with Gasteiger partial charge in [0, 0.05) is 0 Å². The standard InChI is InChI=1S/C5H10.Al.FH/c1-3-5-4-2;;/h1-5H2;;1H/q;+1;/p-1. The fourth-order valence-electron chi connectivity index (χ4n) is 1.05. The Bertz CT molecular complexity index is 50.0. The molecule has 0 saturated carbocycles. The SMILES string of the molecule is [F][Al]1[CH2]CCC[CH2]1. The molecule has 0 aromatic heterocycles. The number of hydrogen-bond donors (Lipinski definition) is 0. The van der Waals surface area contributed by atoms with Gasteiger partial charge in [-0.2, -0.15) is 0 Å². The van der Waals surface area contributed by atoms with Crippen LogP contribution in [0.15, 0.2) is 0 Å². The van der Waals surface area contributed by atoms with Crippen LogP contribution in [0, 0.1) is 0 Å². The molecule has 0 aliphatic carbocycles. The topological polar surface area (TPSA) is 0 Å². The summed E-state index contributed by atoms with van der Waals surface area (Å²) in [5.41, 5.74) is 0. The zero-order chi connectivity index (χ0) is 5.11. The van der Waals surface area contributed by atoms with Crippen molar-refractivity contribution < 1.29 is 3.52 Å².